The Bertz CT molecular complexity index is 1830. The molecule has 0 bridgehead atoms. The monoisotopic (exact) mass is 580 g/mol. The summed E-state index contributed by atoms with van der Waals surface area (Å²) in [6.07, 6.45) is -5.17. The normalized spacial score (nSPS) is 15.3. The van der Waals surface area contributed by atoms with E-state index in [1.165, 1.54) is 27.3 Å². The van der Waals surface area contributed by atoms with Gasteiger partial charge in [-0.3, -0.25) is 23.1 Å². The first-order valence-electron chi connectivity index (χ1n) is 11.8. The van der Waals surface area contributed by atoms with Gasteiger partial charge in [-0.05, 0) is 36.2 Å². The molecule has 1 unspecified atom stereocenters. The molecule has 40 heavy (non-hydrogen) atoms. The number of halogens is 4. The second kappa shape index (κ2) is 10.0. The Morgan fingerprint density at radius 1 is 1.12 bits per heavy atom. The Hall–Kier alpha value is -4.30. The predicted octanol–water partition coefficient (Wildman–Crippen LogP) is 3.22. The molecule has 1 fully saturated rings. The first kappa shape index (κ1) is 27.3. The standard InChI is InChI=1S/C25H20ClF3N4O7/c1-30-17-6-5-14(9-18(17)32(22(30)35)11-15-7-8-39-15)31-12-19(40-24(37)38)21(34)33(23(31)36)10-13-3-2-4-16(20(13)26)25(27,28)29/h2-6,9,12,15H,7-8,10-11H2,1H3,(H,37,38). The van der Waals surface area contributed by atoms with Gasteiger partial charge in [0, 0.05) is 13.7 Å². The third-order valence-corrected chi connectivity index (χ3v) is 7.08. The van der Waals surface area contributed by atoms with Crippen molar-refractivity contribution in [1.82, 2.24) is 18.3 Å². The first-order valence-corrected chi connectivity index (χ1v) is 12.2. The number of carbonyl (C=O) groups is 1. The third-order valence-electron chi connectivity index (χ3n) is 6.64. The van der Waals surface area contributed by atoms with Crippen LogP contribution >= 0.6 is 11.6 Å². The van der Waals surface area contributed by atoms with Crippen LogP contribution in [0.2, 0.25) is 5.02 Å². The maximum Gasteiger partial charge on any atom is 0.511 e. The summed E-state index contributed by atoms with van der Waals surface area (Å²) in [5, 5.41) is 8.42. The molecule has 0 radical (unpaired) electrons. The SMILES string of the molecule is Cn1c(=O)n(CC2CCO2)c2cc(-n3cc(OC(=O)O)c(=O)n(Cc4cccc(C(F)(F)F)c4Cl)c3=O)ccc21. The molecule has 0 saturated carbocycles. The summed E-state index contributed by atoms with van der Waals surface area (Å²) in [6, 6.07) is 7.54. The molecule has 2 aromatic heterocycles. The Morgan fingerprint density at radius 2 is 1.85 bits per heavy atom. The zero-order valence-electron chi connectivity index (χ0n) is 20.6. The highest BCUT2D eigenvalue weighted by molar-refractivity contribution is 6.32. The molecule has 210 valence electrons. The van der Waals surface area contributed by atoms with Gasteiger partial charge in [0.15, 0.2) is 0 Å². The van der Waals surface area contributed by atoms with Crippen molar-refractivity contribution in [3.8, 4) is 11.4 Å². The van der Waals surface area contributed by atoms with Crippen molar-refractivity contribution < 1.29 is 32.5 Å². The van der Waals surface area contributed by atoms with E-state index >= 15 is 0 Å². The minimum atomic E-state index is -4.79. The summed E-state index contributed by atoms with van der Waals surface area (Å²) >= 11 is 5.97. The van der Waals surface area contributed by atoms with Gasteiger partial charge in [0.05, 0.1) is 52.7 Å². The van der Waals surface area contributed by atoms with Crippen LogP contribution in [0.5, 0.6) is 5.75 Å². The minimum absolute atomic E-state index is 0.130. The minimum Gasteiger partial charge on any atom is -0.449 e. The molecule has 0 amide bonds. The van der Waals surface area contributed by atoms with Crippen LogP contribution in [0.15, 0.2) is 57.0 Å². The fourth-order valence-corrected chi connectivity index (χ4v) is 4.81. The average molecular weight is 581 g/mol. The summed E-state index contributed by atoms with van der Waals surface area (Å²) in [7, 11) is 1.58. The van der Waals surface area contributed by atoms with Gasteiger partial charge in [-0.25, -0.2) is 14.4 Å². The summed E-state index contributed by atoms with van der Waals surface area (Å²) in [4.78, 5) is 50.7. The molecule has 0 spiro atoms. The van der Waals surface area contributed by atoms with E-state index < -0.39 is 46.5 Å². The Balaban J connectivity index is 1.68. The van der Waals surface area contributed by atoms with Crippen molar-refractivity contribution in [3.05, 3.63) is 90.1 Å². The highest BCUT2D eigenvalue weighted by atomic mass is 35.5. The molecular weight excluding hydrogens is 561 g/mol. The second-order valence-electron chi connectivity index (χ2n) is 9.09. The number of alkyl halides is 3. The topological polar surface area (TPSA) is 127 Å². The lowest BCUT2D eigenvalue weighted by Gasteiger charge is -2.26. The molecule has 1 aliphatic heterocycles. The number of hydrogen-bond donors (Lipinski definition) is 1. The van der Waals surface area contributed by atoms with Gasteiger partial charge in [-0.15, -0.1) is 0 Å². The van der Waals surface area contributed by atoms with E-state index in [1.807, 2.05) is 0 Å². The van der Waals surface area contributed by atoms with Gasteiger partial charge in [-0.2, -0.15) is 13.2 Å². The van der Waals surface area contributed by atoms with Crippen molar-refractivity contribution in [2.75, 3.05) is 6.61 Å². The molecular formula is C25H20ClF3N4O7. The van der Waals surface area contributed by atoms with E-state index in [4.69, 9.17) is 21.4 Å². The summed E-state index contributed by atoms with van der Waals surface area (Å²) < 4.78 is 54.5. The van der Waals surface area contributed by atoms with Crippen molar-refractivity contribution in [1.29, 1.82) is 0 Å². The zero-order chi connectivity index (χ0) is 28.9. The summed E-state index contributed by atoms with van der Waals surface area (Å²) in [5.41, 5.74) is -2.80. The van der Waals surface area contributed by atoms with Gasteiger partial charge in [-0.1, -0.05) is 23.7 Å². The van der Waals surface area contributed by atoms with Gasteiger partial charge in [0.25, 0.3) is 5.56 Å². The quantitative estimate of drug-likeness (QED) is 0.347. The fraction of sp³-hybridized carbons (Fsp3) is 0.280. The zero-order valence-corrected chi connectivity index (χ0v) is 21.4. The van der Waals surface area contributed by atoms with Crippen LogP contribution in [0.4, 0.5) is 18.0 Å². The Labute approximate surface area is 226 Å². The van der Waals surface area contributed by atoms with Gasteiger partial charge < -0.3 is 14.6 Å². The molecule has 11 nitrogen and oxygen atoms in total. The van der Waals surface area contributed by atoms with Crippen molar-refractivity contribution in [3.63, 3.8) is 0 Å². The second-order valence-corrected chi connectivity index (χ2v) is 9.47. The predicted molar refractivity (Wildman–Crippen MR) is 136 cm³/mol. The number of fused-ring (bicyclic) bond motifs is 1. The van der Waals surface area contributed by atoms with Gasteiger partial charge in [0.1, 0.15) is 0 Å². The van der Waals surface area contributed by atoms with Crippen molar-refractivity contribution in [2.45, 2.75) is 31.8 Å². The van der Waals surface area contributed by atoms with E-state index in [9.17, 15) is 32.3 Å². The highest BCUT2D eigenvalue weighted by Gasteiger charge is 2.34. The summed E-state index contributed by atoms with van der Waals surface area (Å²) in [6.45, 7) is 0.124. The molecule has 3 heterocycles. The number of ether oxygens (including phenoxy) is 2. The smallest absolute Gasteiger partial charge is 0.449 e. The Kier molecular flexibility index (Phi) is 6.84. The molecule has 5 rings (SSSR count). The lowest BCUT2D eigenvalue weighted by Crippen LogP contribution is -2.40. The van der Waals surface area contributed by atoms with Crippen molar-refractivity contribution in [2.24, 2.45) is 7.05 Å². The van der Waals surface area contributed by atoms with Crippen LogP contribution in [0.1, 0.15) is 17.5 Å². The van der Waals surface area contributed by atoms with E-state index in [-0.39, 0.29) is 29.6 Å². The number of carboxylic acid groups (broad SMARTS) is 1. The number of imidazole rings is 1. The van der Waals surface area contributed by atoms with E-state index in [1.54, 1.807) is 13.1 Å². The van der Waals surface area contributed by atoms with Crippen LogP contribution in [0, 0.1) is 0 Å². The van der Waals surface area contributed by atoms with Crippen LogP contribution in [-0.4, -0.2) is 42.2 Å². The number of rotatable bonds is 6. The molecule has 1 aliphatic rings. The van der Waals surface area contributed by atoms with Gasteiger partial charge in [0.2, 0.25) is 5.75 Å². The molecule has 0 aliphatic carbocycles. The Morgan fingerprint density at radius 3 is 2.48 bits per heavy atom. The maximum absolute atomic E-state index is 13.5. The lowest BCUT2D eigenvalue weighted by molar-refractivity contribution is -0.137. The van der Waals surface area contributed by atoms with Crippen molar-refractivity contribution >= 4 is 28.8 Å². The number of hydrogen-bond acceptors (Lipinski definition) is 6. The summed E-state index contributed by atoms with van der Waals surface area (Å²) in [5.74, 6) is -0.774. The number of aromatic nitrogens is 4. The number of benzene rings is 2. The highest BCUT2D eigenvalue weighted by Crippen LogP contribution is 2.36. The van der Waals surface area contributed by atoms with E-state index in [0.717, 1.165) is 29.3 Å². The van der Waals surface area contributed by atoms with Crippen LogP contribution in [0.25, 0.3) is 16.7 Å². The largest absolute Gasteiger partial charge is 0.511 e. The van der Waals surface area contributed by atoms with E-state index in [2.05, 4.69) is 4.74 Å². The molecule has 1 atom stereocenters. The maximum atomic E-state index is 13.5. The molecule has 2 aromatic carbocycles. The van der Waals surface area contributed by atoms with Gasteiger partial charge >= 0.3 is 23.7 Å². The molecule has 4 aromatic rings. The average Bonchev–Trinajstić information content (AvgIpc) is 3.09. The fourth-order valence-electron chi connectivity index (χ4n) is 4.51. The van der Waals surface area contributed by atoms with Crippen LogP contribution in [0.3, 0.4) is 0 Å². The van der Waals surface area contributed by atoms with Crippen LogP contribution in [-0.2, 0) is 31.1 Å². The number of nitrogens with zero attached hydrogens (tertiary/aromatic N) is 4. The van der Waals surface area contributed by atoms with Crippen LogP contribution < -0.4 is 21.7 Å². The van der Waals surface area contributed by atoms with E-state index in [0.29, 0.717) is 22.2 Å². The molecule has 1 N–H and O–H groups in total. The lowest BCUT2D eigenvalue weighted by atomic mass is 10.1. The first-order chi connectivity index (χ1) is 18.9. The molecule has 1 saturated heterocycles. The number of aryl methyl sites for hydroxylation is 1. The third kappa shape index (κ3) is 4.79. The molecule has 15 heteroatoms.